The molecule has 4 N–H and O–H groups in total. The number of carbonyl (C=O) groups excluding carboxylic acids is 2. The van der Waals surface area contributed by atoms with Crippen LogP contribution >= 0.6 is 0 Å². The van der Waals surface area contributed by atoms with Gasteiger partial charge >= 0.3 is 0 Å². The second-order valence-electron chi connectivity index (χ2n) is 4.42. The first-order valence-corrected chi connectivity index (χ1v) is 6.55. The van der Waals surface area contributed by atoms with Gasteiger partial charge in [-0.05, 0) is 31.5 Å². The Kier molecular flexibility index (Phi) is 5.99. The molecule has 0 spiro atoms. The first-order valence-electron chi connectivity index (χ1n) is 6.55. The van der Waals surface area contributed by atoms with Crippen LogP contribution in [0.2, 0.25) is 0 Å². The van der Waals surface area contributed by atoms with Crippen molar-refractivity contribution in [2.75, 3.05) is 19.0 Å². The molecule has 0 aliphatic heterocycles. The molecule has 0 aliphatic rings. The van der Waals surface area contributed by atoms with Crippen LogP contribution in [0.4, 0.5) is 5.69 Å². The van der Waals surface area contributed by atoms with E-state index in [1.54, 1.807) is 32.2 Å². The molecule has 0 heterocycles. The number of nitrogens with one attached hydrogen (secondary N) is 2. The lowest BCUT2D eigenvalue weighted by atomic mass is 10.1. The van der Waals surface area contributed by atoms with Crippen LogP contribution in [0.3, 0.4) is 0 Å². The van der Waals surface area contributed by atoms with Gasteiger partial charge in [0.1, 0.15) is 5.75 Å². The van der Waals surface area contributed by atoms with E-state index in [1.807, 2.05) is 6.92 Å². The van der Waals surface area contributed by atoms with E-state index in [0.717, 1.165) is 6.42 Å². The Labute approximate surface area is 118 Å². The summed E-state index contributed by atoms with van der Waals surface area (Å²) in [5.74, 6) is -0.0442. The van der Waals surface area contributed by atoms with Crippen LogP contribution in [0.15, 0.2) is 18.2 Å². The molecule has 0 radical (unpaired) electrons. The quantitative estimate of drug-likeness (QED) is 0.727. The third-order valence-corrected chi connectivity index (χ3v) is 2.60. The van der Waals surface area contributed by atoms with Crippen molar-refractivity contribution in [2.45, 2.75) is 26.3 Å². The molecule has 110 valence electrons. The van der Waals surface area contributed by atoms with Crippen LogP contribution in [0.1, 0.15) is 30.6 Å². The smallest absolute Gasteiger partial charge is 0.251 e. The number of ether oxygens (including phenoxy) is 1. The van der Waals surface area contributed by atoms with Gasteiger partial charge in [0.25, 0.3) is 5.91 Å². The van der Waals surface area contributed by atoms with E-state index in [-0.39, 0.29) is 11.8 Å². The van der Waals surface area contributed by atoms with E-state index in [1.165, 1.54) is 0 Å². The standard InChI is InChI=1S/C14H21N3O3/c1-4-7-20-12-6-5-10(14(19)16-3)8-11(12)17-13(18)9(2)15/h5-6,8-9H,4,7,15H2,1-3H3,(H,16,19)(H,17,18). The summed E-state index contributed by atoms with van der Waals surface area (Å²) in [4.78, 5) is 23.3. The van der Waals surface area contributed by atoms with Crippen LogP contribution in [0.5, 0.6) is 5.75 Å². The third-order valence-electron chi connectivity index (χ3n) is 2.60. The van der Waals surface area contributed by atoms with Crippen LogP contribution in [-0.4, -0.2) is 31.5 Å². The molecule has 1 aromatic carbocycles. The number of carbonyl (C=O) groups is 2. The van der Waals surface area contributed by atoms with Crippen LogP contribution in [-0.2, 0) is 4.79 Å². The van der Waals surface area contributed by atoms with Gasteiger partial charge in [0, 0.05) is 12.6 Å². The van der Waals surface area contributed by atoms with E-state index in [0.29, 0.717) is 23.6 Å². The topological polar surface area (TPSA) is 93.5 Å². The zero-order chi connectivity index (χ0) is 15.1. The normalized spacial score (nSPS) is 11.6. The maximum atomic E-state index is 11.7. The number of amides is 2. The van der Waals surface area contributed by atoms with Crippen LogP contribution in [0, 0.1) is 0 Å². The first-order chi connectivity index (χ1) is 9.49. The lowest BCUT2D eigenvalue weighted by Crippen LogP contribution is -2.32. The fraction of sp³-hybridized carbons (Fsp3) is 0.429. The van der Waals surface area contributed by atoms with Gasteiger partial charge < -0.3 is 21.1 Å². The Morgan fingerprint density at radius 3 is 2.65 bits per heavy atom. The lowest BCUT2D eigenvalue weighted by molar-refractivity contribution is -0.117. The van der Waals surface area contributed by atoms with Gasteiger partial charge in [-0.25, -0.2) is 0 Å². The van der Waals surface area contributed by atoms with Crippen molar-refractivity contribution in [1.82, 2.24) is 5.32 Å². The molecular weight excluding hydrogens is 258 g/mol. The van der Waals surface area contributed by atoms with Gasteiger partial charge in [0.05, 0.1) is 18.3 Å². The first kappa shape index (κ1) is 16.0. The third kappa shape index (κ3) is 4.24. The highest BCUT2D eigenvalue weighted by Crippen LogP contribution is 2.26. The van der Waals surface area contributed by atoms with Crippen molar-refractivity contribution in [3.8, 4) is 5.75 Å². The molecule has 0 saturated carbocycles. The Bertz CT molecular complexity index is 487. The van der Waals surface area contributed by atoms with Crippen LogP contribution in [0.25, 0.3) is 0 Å². The molecule has 0 aromatic heterocycles. The molecule has 0 saturated heterocycles. The minimum atomic E-state index is -0.641. The zero-order valence-corrected chi connectivity index (χ0v) is 12.0. The molecule has 2 amide bonds. The number of benzene rings is 1. The summed E-state index contributed by atoms with van der Waals surface area (Å²) in [6, 6.07) is 4.24. The maximum Gasteiger partial charge on any atom is 0.251 e. The average Bonchev–Trinajstić information content (AvgIpc) is 2.44. The van der Waals surface area contributed by atoms with Gasteiger partial charge in [-0.2, -0.15) is 0 Å². The fourth-order valence-electron chi connectivity index (χ4n) is 1.50. The molecule has 20 heavy (non-hydrogen) atoms. The predicted molar refractivity (Wildman–Crippen MR) is 77.9 cm³/mol. The predicted octanol–water partition coefficient (Wildman–Crippen LogP) is 1.12. The second-order valence-corrected chi connectivity index (χ2v) is 4.42. The summed E-state index contributed by atoms with van der Waals surface area (Å²) >= 11 is 0. The molecule has 0 bridgehead atoms. The number of nitrogens with two attached hydrogens (primary N) is 1. The van der Waals surface area contributed by atoms with E-state index >= 15 is 0 Å². The summed E-state index contributed by atoms with van der Waals surface area (Å²) < 4.78 is 5.55. The molecule has 1 atom stereocenters. The second kappa shape index (κ2) is 7.49. The molecule has 1 aromatic rings. The van der Waals surface area contributed by atoms with Gasteiger partial charge in [-0.3, -0.25) is 9.59 Å². The highest BCUT2D eigenvalue weighted by molar-refractivity contribution is 5.99. The summed E-state index contributed by atoms with van der Waals surface area (Å²) in [5.41, 5.74) is 6.41. The fourth-order valence-corrected chi connectivity index (χ4v) is 1.50. The summed E-state index contributed by atoms with van der Waals surface area (Å²) in [6.45, 7) is 4.10. The lowest BCUT2D eigenvalue weighted by Gasteiger charge is -2.14. The van der Waals surface area contributed by atoms with Crippen molar-refractivity contribution < 1.29 is 14.3 Å². The molecule has 0 fully saturated rings. The van der Waals surface area contributed by atoms with E-state index in [9.17, 15) is 9.59 Å². The Morgan fingerprint density at radius 1 is 1.40 bits per heavy atom. The van der Waals surface area contributed by atoms with Gasteiger partial charge in [0.2, 0.25) is 5.91 Å². The highest BCUT2D eigenvalue weighted by atomic mass is 16.5. The largest absolute Gasteiger partial charge is 0.491 e. The minimum absolute atomic E-state index is 0.233. The van der Waals surface area contributed by atoms with Crippen molar-refractivity contribution in [3.05, 3.63) is 23.8 Å². The van der Waals surface area contributed by atoms with Crippen molar-refractivity contribution in [2.24, 2.45) is 5.73 Å². The van der Waals surface area contributed by atoms with E-state index < -0.39 is 6.04 Å². The van der Waals surface area contributed by atoms with Crippen molar-refractivity contribution in [1.29, 1.82) is 0 Å². The van der Waals surface area contributed by atoms with Gasteiger partial charge in [-0.1, -0.05) is 6.92 Å². The summed E-state index contributed by atoms with van der Waals surface area (Å²) in [6.07, 6.45) is 0.845. The summed E-state index contributed by atoms with van der Waals surface area (Å²) in [5, 5.41) is 5.20. The molecule has 1 unspecified atom stereocenters. The van der Waals surface area contributed by atoms with Crippen molar-refractivity contribution in [3.63, 3.8) is 0 Å². The van der Waals surface area contributed by atoms with E-state index in [4.69, 9.17) is 10.5 Å². The molecule has 6 nitrogen and oxygen atoms in total. The molecule has 6 heteroatoms. The maximum absolute atomic E-state index is 11.7. The monoisotopic (exact) mass is 279 g/mol. The Morgan fingerprint density at radius 2 is 2.10 bits per heavy atom. The minimum Gasteiger partial charge on any atom is -0.491 e. The average molecular weight is 279 g/mol. The number of hydrogen-bond acceptors (Lipinski definition) is 4. The van der Waals surface area contributed by atoms with Gasteiger partial charge in [0.15, 0.2) is 0 Å². The van der Waals surface area contributed by atoms with Crippen molar-refractivity contribution >= 4 is 17.5 Å². The van der Waals surface area contributed by atoms with E-state index in [2.05, 4.69) is 10.6 Å². The highest BCUT2D eigenvalue weighted by Gasteiger charge is 2.14. The molecule has 1 rings (SSSR count). The SMILES string of the molecule is CCCOc1ccc(C(=O)NC)cc1NC(=O)C(C)N. The molecule has 0 aliphatic carbocycles. The number of anilines is 1. The Balaban J connectivity index is 3.05. The Hall–Kier alpha value is -2.08. The molecular formula is C14H21N3O3. The van der Waals surface area contributed by atoms with Gasteiger partial charge in [-0.15, -0.1) is 0 Å². The summed E-state index contributed by atoms with van der Waals surface area (Å²) in [7, 11) is 1.55. The van der Waals surface area contributed by atoms with Crippen LogP contribution < -0.4 is 21.1 Å². The zero-order valence-electron chi connectivity index (χ0n) is 12.0. The number of hydrogen-bond donors (Lipinski definition) is 3. The number of rotatable bonds is 6.